The molecular weight excluding hydrogens is 354 g/mol. The molecule has 1 aliphatic heterocycles. The van der Waals surface area contributed by atoms with Crippen LogP contribution in [0.3, 0.4) is 0 Å². The van der Waals surface area contributed by atoms with Crippen LogP contribution in [0.5, 0.6) is 0 Å². The van der Waals surface area contributed by atoms with Crippen molar-refractivity contribution in [3.63, 3.8) is 0 Å². The van der Waals surface area contributed by atoms with Crippen LogP contribution in [-0.2, 0) is 10.0 Å². The molecule has 1 aliphatic rings. The molecule has 7 heteroatoms. The molecule has 1 N–H and O–H groups in total. The van der Waals surface area contributed by atoms with Gasteiger partial charge in [0.2, 0.25) is 10.0 Å². The zero-order chi connectivity index (χ0) is 13.4. The van der Waals surface area contributed by atoms with E-state index < -0.39 is 10.0 Å². The molecular formula is C11H16BrNO2S3. The van der Waals surface area contributed by atoms with Crippen LogP contribution in [0.1, 0.15) is 25.3 Å². The minimum atomic E-state index is -3.36. The smallest absolute Gasteiger partial charge is 0.209 e. The zero-order valence-electron chi connectivity index (χ0n) is 10.3. The predicted octanol–water partition coefficient (Wildman–Crippen LogP) is 3.38. The standard InChI is InChI=1S/C11H16BrNO2S3/c1-8-6-9(17-10(8)12)18(14,15)13-7-11(2)4-3-5-16-11/h6,13H,3-5,7H2,1-2H3. The first-order valence-electron chi connectivity index (χ1n) is 5.72. The number of sulfonamides is 1. The number of rotatable bonds is 4. The quantitative estimate of drug-likeness (QED) is 0.884. The molecule has 3 nitrogen and oxygen atoms in total. The zero-order valence-corrected chi connectivity index (χ0v) is 14.4. The number of nitrogens with one attached hydrogen (secondary N) is 1. The van der Waals surface area contributed by atoms with Crippen molar-refractivity contribution in [1.29, 1.82) is 0 Å². The van der Waals surface area contributed by atoms with Gasteiger partial charge in [0, 0.05) is 11.3 Å². The molecule has 2 rings (SSSR count). The highest BCUT2D eigenvalue weighted by Crippen LogP contribution is 2.37. The third kappa shape index (κ3) is 3.30. The van der Waals surface area contributed by atoms with E-state index in [9.17, 15) is 8.42 Å². The van der Waals surface area contributed by atoms with Crippen LogP contribution < -0.4 is 4.72 Å². The van der Waals surface area contributed by atoms with Crippen molar-refractivity contribution in [3.8, 4) is 0 Å². The second-order valence-corrected chi connectivity index (χ2v) is 10.8. The summed E-state index contributed by atoms with van der Waals surface area (Å²) < 4.78 is 28.4. The fourth-order valence-corrected chi connectivity index (χ4v) is 6.63. The van der Waals surface area contributed by atoms with Gasteiger partial charge in [0.1, 0.15) is 4.21 Å². The first-order chi connectivity index (χ1) is 8.32. The molecule has 1 fully saturated rings. The van der Waals surface area contributed by atoms with Crippen LogP contribution in [-0.4, -0.2) is 25.5 Å². The van der Waals surface area contributed by atoms with Gasteiger partial charge in [0.25, 0.3) is 0 Å². The summed E-state index contributed by atoms with van der Waals surface area (Å²) in [6.07, 6.45) is 2.25. The van der Waals surface area contributed by atoms with Crippen LogP contribution in [0.25, 0.3) is 0 Å². The molecule has 0 saturated carbocycles. The second kappa shape index (κ2) is 5.44. The van der Waals surface area contributed by atoms with Gasteiger partial charge in [-0.2, -0.15) is 11.8 Å². The Morgan fingerprint density at radius 2 is 2.28 bits per heavy atom. The third-order valence-corrected chi connectivity index (χ3v) is 8.59. The molecule has 0 aliphatic carbocycles. The van der Waals surface area contributed by atoms with Crippen molar-refractivity contribution in [3.05, 3.63) is 15.4 Å². The molecule has 1 saturated heterocycles. The van der Waals surface area contributed by atoms with E-state index in [2.05, 4.69) is 27.6 Å². The van der Waals surface area contributed by atoms with Crippen LogP contribution in [0.2, 0.25) is 0 Å². The van der Waals surface area contributed by atoms with Crippen molar-refractivity contribution >= 4 is 49.1 Å². The number of hydrogen-bond donors (Lipinski definition) is 1. The Kier molecular flexibility index (Phi) is 4.48. The molecule has 102 valence electrons. The average Bonchev–Trinajstić information content (AvgIpc) is 2.86. The van der Waals surface area contributed by atoms with Gasteiger partial charge in [-0.1, -0.05) is 0 Å². The van der Waals surface area contributed by atoms with E-state index in [-0.39, 0.29) is 4.75 Å². The monoisotopic (exact) mass is 369 g/mol. The first-order valence-corrected chi connectivity index (χ1v) is 9.80. The fraction of sp³-hybridized carbons (Fsp3) is 0.636. The van der Waals surface area contributed by atoms with E-state index in [1.54, 1.807) is 6.07 Å². The molecule has 0 bridgehead atoms. The summed E-state index contributed by atoms with van der Waals surface area (Å²) in [4.78, 5) is 0. The van der Waals surface area contributed by atoms with Crippen molar-refractivity contribution in [1.82, 2.24) is 4.72 Å². The maximum atomic E-state index is 12.2. The lowest BCUT2D eigenvalue weighted by atomic mass is 10.1. The van der Waals surface area contributed by atoms with Gasteiger partial charge in [-0.3, -0.25) is 0 Å². The van der Waals surface area contributed by atoms with Crippen LogP contribution in [0.4, 0.5) is 0 Å². The maximum absolute atomic E-state index is 12.2. The molecule has 1 aromatic heterocycles. The van der Waals surface area contributed by atoms with Gasteiger partial charge in [0.05, 0.1) is 3.79 Å². The highest BCUT2D eigenvalue weighted by atomic mass is 79.9. The molecule has 1 unspecified atom stereocenters. The highest BCUT2D eigenvalue weighted by Gasteiger charge is 2.31. The van der Waals surface area contributed by atoms with Crippen LogP contribution in [0.15, 0.2) is 14.1 Å². The number of thiophene rings is 1. The topological polar surface area (TPSA) is 46.2 Å². The lowest BCUT2D eigenvalue weighted by molar-refractivity contribution is 0.554. The van der Waals surface area contributed by atoms with E-state index in [1.807, 2.05) is 18.7 Å². The SMILES string of the molecule is Cc1cc(S(=O)(=O)NCC2(C)CCCS2)sc1Br. The molecule has 18 heavy (non-hydrogen) atoms. The van der Waals surface area contributed by atoms with Crippen molar-refractivity contribution in [2.24, 2.45) is 0 Å². The van der Waals surface area contributed by atoms with E-state index in [0.29, 0.717) is 10.8 Å². The lowest BCUT2D eigenvalue weighted by Crippen LogP contribution is -2.36. The van der Waals surface area contributed by atoms with Gasteiger partial charge >= 0.3 is 0 Å². The Balaban J connectivity index is 2.08. The van der Waals surface area contributed by atoms with E-state index in [0.717, 1.165) is 21.5 Å². The summed E-state index contributed by atoms with van der Waals surface area (Å²) in [6.45, 7) is 4.53. The Bertz CT molecular complexity index is 513. The Labute approximate surface area is 125 Å². The second-order valence-electron chi connectivity index (χ2n) is 4.75. The number of aryl methyl sites for hydroxylation is 1. The Morgan fingerprint density at radius 3 is 2.78 bits per heavy atom. The van der Waals surface area contributed by atoms with Gasteiger partial charge in [-0.15, -0.1) is 11.3 Å². The van der Waals surface area contributed by atoms with Crippen molar-refractivity contribution < 1.29 is 8.42 Å². The normalized spacial score (nSPS) is 24.6. The largest absolute Gasteiger partial charge is 0.250 e. The number of hydrogen-bond acceptors (Lipinski definition) is 4. The van der Waals surface area contributed by atoms with Gasteiger partial charge < -0.3 is 0 Å². The Morgan fingerprint density at radius 1 is 1.56 bits per heavy atom. The molecule has 0 amide bonds. The summed E-state index contributed by atoms with van der Waals surface area (Å²) >= 11 is 6.48. The molecule has 1 aromatic rings. The molecule has 0 radical (unpaired) electrons. The fourth-order valence-electron chi connectivity index (χ4n) is 1.86. The molecule has 2 heterocycles. The van der Waals surface area contributed by atoms with Crippen LogP contribution in [0, 0.1) is 6.92 Å². The summed E-state index contributed by atoms with van der Waals surface area (Å²) in [5.74, 6) is 1.13. The van der Waals surface area contributed by atoms with Gasteiger partial charge in [0.15, 0.2) is 0 Å². The minimum absolute atomic E-state index is 0.0522. The maximum Gasteiger partial charge on any atom is 0.250 e. The lowest BCUT2D eigenvalue weighted by Gasteiger charge is -2.22. The van der Waals surface area contributed by atoms with E-state index >= 15 is 0 Å². The number of thioether (sulfide) groups is 1. The van der Waals surface area contributed by atoms with Crippen molar-refractivity contribution in [2.75, 3.05) is 12.3 Å². The summed E-state index contributed by atoms with van der Waals surface area (Å²) in [7, 11) is -3.36. The van der Waals surface area contributed by atoms with E-state index in [1.165, 1.54) is 17.8 Å². The third-order valence-electron chi connectivity index (χ3n) is 3.04. The van der Waals surface area contributed by atoms with Gasteiger partial charge in [-0.05, 0) is 60.0 Å². The van der Waals surface area contributed by atoms with Crippen LogP contribution >= 0.6 is 39.0 Å². The summed E-state index contributed by atoms with van der Waals surface area (Å²) in [5.41, 5.74) is 0.960. The average molecular weight is 370 g/mol. The summed E-state index contributed by atoms with van der Waals surface area (Å²) in [5, 5.41) is 0. The van der Waals surface area contributed by atoms with Crippen molar-refractivity contribution in [2.45, 2.75) is 35.6 Å². The first kappa shape index (κ1) is 14.8. The highest BCUT2D eigenvalue weighted by molar-refractivity contribution is 9.11. The van der Waals surface area contributed by atoms with Gasteiger partial charge in [-0.25, -0.2) is 13.1 Å². The summed E-state index contributed by atoms with van der Waals surface area (Å²) in [6, 6.07) is 1.71. The Hall–Kier alpha value is 0.440. The number of halogens is 1. The molecule has 0 aromatic carbocycles. The minimum Gasteiger partial charge on any atom is -0.209 e. The predicted molar refractivity (Wildman–Crippen MR) is 82.0 cm³/mol. The molecule has 1 atom stereocenters. The van der Waals surface area contributed by atoms with E-state index in [4.69, 9.17) is 0 Å². The molecule has 0 spiro atoms.